The number of esters is 1. The Morgan fingerprint density at radius 3 is 2.41 bits per heavy atom. The standard InChI is InChI=1S/C29H48N4O7S/c1-8-19(6)25(32-26(35)20-11-9-10-12-30-20)28(36)33(16-40-24(34)13-17(2)3)22(18(4)5)14-23(39-7)27-31-21(15-41-27)29(37)38/h15,17-20,22-23,25,30H,8-14,16H2,1-7H3,(H,32,35)(H,37,38)/t19-,20+,22+,23+,25-/m0/s1. The fourth-order valence-corrected chi connectivity index (χ4v) is 5.74. The van der Waals surface area contributed by atoms with E-state index in [1.807, 2.05) is 41.5 Å². The molecule has 232 valence electrons. The molecule has 1 fully saturated rings. The highest BCUT2D eigenvalue weighted by Gasteiger charge is 2.38. The minimum absolute atomic E-state index is 0.0698. The molecule has 1 saturated heterocycles. The number of hydrogen-bond donors (Lipinski definition) is 3. The molecule has 1 aromatic rings. The van der Waals surface area contributed by atoms with E-state index < -0.39 is 30.1 Å². The number of piperidine rings is 1. The monoisotopic (exact) mass is 596 g/mol. The zero-order chi connectivity index (χ0) is 30.7. The summed E-state index contributed by atoms with van der Waals surface area (Å²) in [6.45, 7) is 12.1. The zero-order valence-corrected chi connectivity index (χ0v) is 26.3. The molecular weight excluding hydrogens is 548 g/mol. The second-order valence-corrected chi connectivity index (χ2v) is 12.5. The maximum Gasteiger partial charge on any atom is 0.355 e. The van der Waals surface area contributed by atoms with Crippen molar-refractivity contribution in [3.8, 4) is 0 Å². The van der Waals surface area contributed by atoms with Gasteiger partial charge in [0.2, 0.25) is 11.8 Å². The van der Waals surface area contributed by atoms with Gasteiger partial charge in [0.1, 0.15) is 17.2 Å². The van der Waals surface area contributed by atoms with E-state index in [9.17, 15) is 24.3 Å². The summed E-state index contributed by atoms with van der Waals surface area (Å²) in [5.41, 5.74) is -0.0698. The number of nitrogens with one attached hydrogen (secondary N) is 2. The van der Waals surface area contributed by atoms with Crippen LogP contribution in [0.1, 0.15) is 102 Å². The summed E-state index contributed by atoms with van der Waals surface area (Å²) in [4.78, 5) is 57.2. The second kappa shape index (κ2) is 16.8. The number of amides is 2. The van der Waals surface area contributed by atoms with Crippen LogP contribution in [0.4, 0.5) is 0 Å². The molecule has 1 aliphatic rings. The van der Waals surface area contributed by atoms with Crippen molar-refractivity contribution in [3.63, 3.8) is 0 Å². The number of thiazole rings is 1. The Morgan fingerprint density at radius 2 is 1.90 bits per heavy atom. The van der Waals surface area contributed by atoms with Crippen LogP contribution in [0.15, 0.2) is 5.38 Å². The van der Waals surface area contributed by atoms with Crippen LogP contribution >= 0.6 is 11.3 Å². The molecule has 1 aliphatic heterocycles. The molecule has 5 atom stereocenters. The summed E-state index contributed by atoms with van der Waals surface area (Å²) in [7, 11) is 1.51. The molecule has 0 unspecified atom stereocenters. The van der Waals surface area contributed by atoms with Crippen LogP contribution in [-0.2, 0) is 23.9 Å². The number of carboxylic acid groups (broad SMARTS) is 1. The summed E-state index contributed by atoms with van der Waals surface area (Å²) in [6, 6.07) is -1.64. The van der Waals surface area contributed by atoms with Crippen molar-refractivity contribution >= 4 is 35.1 Å². The van der Waals surface area contributed by atoms with Crippen LogP contribution in [0, 0.1) is 17.8 Å². The molecule has 0 saturated carbocycles. The summed E-state index contributed by atoms with van der Waals surface area (Å²) < 4.78 is 11.3. The highest BCUT2D eigenvalue weighted by atomic mass is 32.1. The van der Waals surface area contributed by atoms with Gasteiger partial charge in [-0.25, -0.2) is 9.78 Å². The third-order valence-corrected chi connectivity index (χ3v) is 8.49. The quantitative estimate of drug-likeness (QED) is 0.190. The van der Waals surface area contributed by atoms with E-state index in [4.69, 9.17) is 9.47 Å². The van der Waals surface area contributed by atoms with Crippen molar-refractivity contribution in [2.24, 2.45) is 17.8 Å². The lowest BCUT2D eigenvalue weighted by atomic mass is 9.92. The Labute approximate surface area is 247 Å². The third kappa shape index (κ3) is 10.3. The van der Waals surface area contributed by atoms with Crippen LogP contribution in [0.2, 0.25) is 0 Å². The van der Waals surface area contributed by atoms with Gasteiger partial charge in [-0.3, -0.25) is 14.4 Å². The van der Waals surface area contributed by atoms with E-state index in [0.717, 1.165) is 19.4 Å². The molecule has 3 N–H and O–H groups in total. The smallest absolute Gasteiger partial charge is 0.355 e. The number of aromatic carboxylic acids is 1. The summed E-state index contributed by atoms with van der Waals surface area (Å²) in [5, 5.41) is 17.5. The molecule has 11 nitrogen and oxygen atoms in total. The van der Waals surface area contributed by atoms with Crippen LogP contribution in [0.5, 0.6) is 0 Å². The first kappa shape index (κ1) is 34.6. The Balaban J connectivity index is 2.40. The lowest BCUT2D eigenvalue weighted by Gasteiger charge is -2.39. The van der Waals surface area contributed by atoms with E-state index in [0.29, 0.717) is 24.3 Å². The molecular formula is C29H48N4O7S. The number of aromatic nitrogens is 1. The molecule has 0 radical (unpaired) electrons. The molecule has 0 bridgehead atoms. The van der Waals surface area contributed by atoms with E-state index in [1.54, 1.807) is 0 Å². The maximum atomic E-state index is 14.3. The number of rotatable bonds is 16. The number of nitrogens with zero attached hydrogens (tertiary/aromatic N) is 2. The van der Waals surface area contributed by atoms with E-state index in [1.165, 1.54) is 28.7 Å². The lowest BCUT2D eigenvalue weighted by Crippen LogP contribution is -2.59. The average molecular weight is 597 g/mol. The van der Waals surface area contributed by atoms with Gasteiger partial charge in [-0.15, -0.1) is 11.3 Å². The normalized spacial score (nSPS) is 18.4. The summed E-state index contributed by atoms with van der Waals surface area (Å²) >= 11 is 1.18. The molecule has 12 heteroatoms. The highest BCUT2D eigenvalue weighted by molar-refractivity contribution is 7.09. The van der Waals surface area contributed by atoms with Gasteiger partial charge in [-0.1, -0.05) is 54.4 Å². The molecule has 2 heterocycles. The Kier molecular flexibility index (Phi) is 14.2. The number of carbonyl (C=O) groups is 4. The second-order valence-electron chi connectivity index (χ2n) is 11.6. The fourth-order valence-electron chi connectivity index (χ4n) is 4.86. The first-order valence-electron chi connectivity index (χ1n) is 14.6. The van der Waals surface area contributed by atoms with Gasteiger partial charge < -0.3 is 30.1 Å². The van der Waals surface area contributed by atoms with E-state index in [2.05, 4.69) is 15.6 Å². The molecule has 2 amide bonds. The third-order valence-electron chi connectivity index (χ3n) is 7.55. The largest absolute Gasteiger partial charge is 0.476 e. The van der Waals surface area contributed by atoms with Crippen LogP contribution in [0.25, 0.3) is 0 Å². The first-order valence-corrected chi connectivity index (χ1v) is 15.5. The Morgan fingerprint density at radius 1 is 1.20 bits per heavy atom. The highest BCUT2D eigenvalue weighted by Crippen LogP contribution is 2.31. The van der Waals surface area contributed by atoms with Gasteiger partial charge in [-0.05, 0) is 37.1 Å². The number of carboxylic acids is 1. The summed E-state index contributed by atoms with van der Waals surface area (Å²) in [6.07, 6.45) is 3.23. The molecule has 41 heavy (non-hydrogen) atoms. The minimum Gasteiger partial charge on any atom is -0.476 e. The van der Waals surface area contributed by atoms with Crippen molar-refractivity contribution in [3.05, 3.63) is 16.1 Å². The number of hydrogen-bond acceptors (Lipinski definition) is 9. The van der Waals surface area contributed by atoms with Gasteiger partial charge in [0, 0.05) is 31.4 Å². The van der Waals surface area contributed by atoms with Crippen molar-refractivity contribution < 1.29 is 33.8 Å². The predicted molar refractivity (Wildman–Crippen MR) is 156 cm³/mol. The van der Waals surface area contributed by atoms with E-state index >= 15 is 0 Å². The number of ether oxygens (including phenoxy) is 2. The van der Waals surface area contributed by atoms with Crippen LogP contribution in [0.3, 0.4) is 0 Å². The number of carbonyl (C=O) groups excluding carboxylic acids is 3. The average Bonchev–Trinajstić information content (AvgIpc) is 3.43. The van der Waals surface area contributed by atoms with Crippen LogP contribution < -0.4 is 10.6 Å². The minimum atomic E-state index is -1.13. The molecule has 2 rings (SSSR count). The van der Waals surface area contributed by atoms with Gasteiger partial charge in [0.15, 0.2) is 12.4 Å². The first-order chi connectivity index (χ1) is 19.4. The van der Waals surface area contributed by atoms with Crippen molar-refractivity contribution in [1.82, 2.24) is 20.5 Å². The van der Waals surface area contributed by atoms with Crippen molar-refractivity contribution in [2.75, 3.05) is 20.4 Å². The zero-order valence-electron chi connectivity index (χ0n) is 25.5. The fraction of sp³-hybridized carbons (Fsp3) is 0.759. The maximum absolute atomic E-state index is 14.3. The van der Waals surface area contributed by atoms with Gasteiger partial charge in [0.05, 0.1) is 6.04 Å². The Hall–Kier alpha value is -2.57. The summed E-state index contributed by atoms with van der Waals surface area (Å²) in [5.74, 6) is -2.25. The topological polar surface area (TPSA) is 147 Å². The van der Waals surface area contributed by atoms with Gasteiger partial charge >= 0.3 is 11.9 Å². The molecule has 0 aromatic carbocycles. The van der Waals surface area contributed by atoms with Gasteiger partial charge in [0.25, 0.3) is 0 Å². The predicted octanol–water partition coefficient (Wildman–Crippen LogP) is 3.99. The number of methoxy groups -OCH3 is 1. The SMILES string of the molecule is CC[C@H](C)[C@H](NC(=O)[C@H]1CCCCN1)C(=O)N(COC(=O)CC(C)C)[C@H](C[C@@H](OC)c1nc(C(=O)O)cs1)C(C)C. The van der Waals surface area contributed by atoms with E-state index in [-0.39, 0.29) is 54.5 Å². The van der Waals surface area contributed by atoms with Crippen molar-refractivity contribution in [1.29, 1.82) is 0 Å². The van der Waals surface area contributed by atoms with Crippen LogP contribution in [-0.4, -0.2) is 77.3 Å². The van der Waals surface area contributed by atoms with Gasteiger partial charge in [-0.2, -0.15) is 0 Å². The molecule has 0 spiro atoms. The Bertz CT molecular complexity index is 1010. The lowest BCUT2D eigenvalue weighted by molar-refractivity contribution is -0.160. The molecule has 0 aliphatic carbocycles. The molecule has 1 aromatic heterocycles. The van der Waals surface area contributed by atoms with Crippen molar-refractivity contribution in [2.45, 2.75) is 104 Å².